The van der Waals surface area contributed by atoms with Crippen molar-refractivity contribution >= 4 is 0 Å². The SMILES string of the molecule is CC(C)OC(O)(O)O. The van der Waals surface area contributed by atoms with Crippen molar-refractivity contribution in [2.24, 2.45) is 0 Å². The quantitative estimate of drug-likeness (QED) is 0.411. The van der Waals surface area contributed by atoms with E-state index in [1.165, 1.54) is 0 Å². The number of hydrogen-bond acceptors (Lipinski definition) is 4. The van der Waals surface area contributed by atoms with E-state index in [-0.39, 0.29) is 0 Å². The van der Waals surface area contributed by atoms with Crippen LogP contribution in [0.1, 0.15) is 13.8 Å². The molecule has 0 aromatic rings. The molecule has 50 valence electrons. The van der Waals surface area contributed by atoms with Gasteiger partial charge in [-0.15, -0.1) is 0 Å². The maximum atomic E-state index is 8.08. The summed E-state index contributed by atoms with van der Waals surface area (Å²) in [5.41, 5.74) is 0. The monoisotopic (exact) mass is 122 g/mol. The Kier molecular flexibility index (Phi) is 2.36. The summed E-state index contributed by atoms with van der Waals surface area (Å²) in [6.45, 7) is 3.13. The van der Waals surface area contributed by atoms with Crippen molar-refractivity contribution in [3.63, 3.8) is 0 Å². The van der Waals surface area contributed by atoms with Crippen LogP contribution in [-0.2, 0) is 4.74 Å². The highest BCUT2D eigenvalue weighted by molar-refractivity contribution is 4.34. The molecule has 0 heterocycles. The third-order valence-electron chi connectivity index (χ3n) is 0.394. The van der Waals surface area contributed by atoms with Gasteiger partial charge in [-0.1, -0.05) is 0 Å². The average Bonchev–Trinajstić information content (AvgIpc) is 1.21. The molecule has 0 saturated carbocycles. The molecule has 0 aromatic carbocycles. The van der Waals surface area contributed by atoms with Crippen LogP contribution in [0.3, 0.4) is 0 Å². The third kappa shape index (κ3) is 5.84. The Morgan fingerprint density at radius 3 is 1.62 bits per heavy atom. The van der Waals surface area contributed by atoms with Crippen molar-refractivity contribution in [1.82, 2.24) is 0 Å². The Hall–Kier alpha value is -0.160. The van der Waals surface area contributed by atoms with Crippen LogP contribution in [0, 0.1) is 0 Å². The molecule has 0 spiro atoms. The number of aliphatic hydroxyl groups is 3. The van der Waals surface area contributed by atoms with Gasteiger partial charge in [0.2, 0.25) is 0 Å². The summed E-state index contributed by atoms with van der Waals surface area (Å²) in [6, 6.07) is 0. The lowest BCUT2D eigenvalue weighted by Gasteiger charge is -2.16. The fourth-order valence-electron chi connectivity index (χ4n) is 0.316. The molecule has 0 fully saturated rings. The van der Waals surface area contributed by atoms with Gasteiger partial charge in [-0.05, 0) is 13.8 Å². The molecule has 0 atom stereocenters. The van der Waals surface area contributed by atoms with E-state index in [1.807, 2.05) is 0 Å². The Morgan fingerprint density at radius 1 is 1.25 bits per heavy atom. The van der Waals surface area contributed by atoms with E-state index >= 15 is 0 Å². The minimum atomic E-state index is -2.98. The predicted molar refractivity (Wildman–Crippen MR) is 25.6 cm³/mol. The fraction of sp³-hybridized carbons (Fsp3) is 1.00. The van der Waals surface area contributed by atoms with E-state index in [0.717, 1.165) is 0 Å². The Morgan fingerprint density at radius 2 is 1.62 bits per heavy atom. The molecule has 0 aromatic heterocycles. The lowest BCUT2D eigenvalue weighted by atomic mass is 10.5. The van der Waals surface area contributed by atoms with Crippen molar-refractivity contribution in [2.45, 2.75) is 26.1 Å². The molecule has 0 aliphatic carbocycles. The minimum Gasteiger partial charge on any atom is -0.319 e. The molecular formula is C4H10O4. The molecule has 0 radical (unpaired) electrons. The molecule has 3 N–H and O–H groups in total. The molecule has 0 aliphatic heterocycles. The van der Waals surface area contributed by atoms with Crippen LogP contribution >= 0.6 is 0 Å². The van der Waals surface area contributed by atoms with Gasteiger partial charge in [-0.3, -0.25) is 0 Å². The van der Waals surface area contributed by atoms with Gasteiger partial charge in [0.1, 0.15) is 0 Å². The zero-order valence-corrected chi connectivity index (χ0v) is 4.83. The summed E-state index contributed by atoms with van der Waals surface area (Å²) in [5, 5.41) is 24.2. The van der Waals surface area contributed by atoms with Gasteiger partial charge in [0, 0.05) is 0 Å². The standard InChI is InChI=1S/C4H10O4/c1-3(2)8-4(5,6)7/h3,5-7H,1-2H3. The molecule has 0 bridgehead atoms. The molecule has 4 nitrogen and oxygen atoms in total. The largest absolute Gasteiger partial charge is 0.405 e. The molecule has 4 heteroatoms. The highest BCUT2D eigenvalue weighted by Gasteiger charge is 2.20. The summed E-state index contributed by atoms with van der Waals surface area (Å²) in [4.78, 5) is 0. The van der Waals surface area contributed by atoms with E-state index in [9.17, 15) is 0 Å². The first kappa shape index (κ1) is 7.84. The molecule has 0 amide bonds. The molecular weight excluding hydrogens is 112 g/mol. The summed E-state index contributed by atoms with van der Waals surface area (Å²) in [5.74, 6) is 0. The van der Waals surface area contributed by atoms with E-state index in [1.54, 1.807) is 13.8 Å². The van der Waals surface area contributed by atoms with Gasteiger partial charge in [-0.2, -0.15) is 0 Å². The van der Waals surface area contributed by atoms with E-state index in [4.69, 9.17) is 15.3 Å². The first-order valence-electron chi connectivity index (χ1n) is 2.27. The zero-order valence-electron chi connectivity index (χ0n) is 4.83. The summed E-state index contributed by atoms with van der Waals surface area (Å²) >= 11 is 0. The number of rotatable bonds is 2. The molecule has 0 unspecified atom stereocenters. The summed E-state index contributed by atoms with van der Waals surface area (Å²) in [7, 11) is 0. The van der Waals surface area contributed by atoms with Gasteiger partial charge in [-0.25, -0.2) is 0 Å². The second kappa shape index (κ2) is 2.41. The Balaban J connectivity index is 3.39. The maximum absolute atomic E-state index is 8.08. The van der Waals surface area contributed by atoms with Crippen LogP contribution in [0.25, 0.3) is 0 Å². The molecule has 0 rings (SSSR count). The Labute approximate surface area is 47.3 Å². The van der Waals surface area contributed by atoms with Crippen LogP contribution in [0.5, 0.6) is 0 Å². The maximum Gasteiger partial charge on any atom is 0.405 e. The highest BCUT2D eigenvalue weighted by Crippen LogP contribution is 1.99. The fourth-order valence-corrected chi connectivity index (χ4v) is 0.316. The van der Waals surface area contributed by atoms with Crippen molar-refractivity contribution in [3.8, 4) is 0 Å². The molecule has 8 heavy (non-hydrogen) atoms. The van der Waals surface area contributed by atoms with Gasteiger partial charge in [0.25, 0.3) is 0 Å². The molecule has 0 aliphatic rings. The second-order valence-electron chi connectivity index (χ2n) is 1.74. The van der Waals surface area contributed by atoms with Gasteiger partial charge in [0.05, 0.1) is 6.10 Å². The average molecular weight is 122 g/mol. The van der Waals surface area contributed by atoms with Crippen molar-refractivity contribution in [1.29, 1.82) is 0 Å². The van der Waals surface area contributed by atoms with Crippen LogP contribution in [0.15, 0.2) is 0 Å². The molecule has 0 saturated heterocycles. The third-order valence-corrected chi connectivity index (χ3v) is 0.394. The van der Waals surface area contributed by atoms with E-state index in [0.29, 0.717) is 0 Å². The van der Waals surface area contributed by atoms with Crippen LogP contribution < -0.4 is 0 Å². The van der Waals surface area contributed by atoms with Crippen LogP contribution in [0.2, 0.25) is 0 Å². The van der Waals surface area contributed by atoms with Crippen molar-refractivity contribution < 1.29 is 20.1 Å². The predicted octanol–water partition coefficient (Wildman–Crippen LogP) is -1.00. The number of ether oxygens (including phenoxy) is 1. The van der Waals surface area contributed by atoms with Crippen LogP contribution in [-0.4, -0.2) is 27.6 Å². The smallest absolute Gasteiger partial charge is 0.319 e. The van der Waals surface area contributed by atoms with Gasteiger partial charge in [0.15, 0.2) is 0 Å². The van der Waals surface area contributed by atoms with Crippen molar-refractivity contribution in [3.05, 3.63) is 0 Å². The second-order valence-corrected chi connectivity index (χ2v) is 1.74. The highest BCUT2D eigenvalue weighted by atomic mass is 16.9. The lowest BCUT2D eigenvalue weighted by molar-refractivity contribution is -0.463. The first-order valence-corrected chi connectivity index (χ1v) is 2.27. The summed E-state index contributed by atoms with van der Waals surface area (Å²) in [6.07, 6.45) is -3.39. The van der Waals surface area contributed by atoms with E-state index in [2.05, 4.69) is 4.74 Å². The normalized spacial score (nSPS) is 12.8. The minimum absolute atomic E-state index is 0.407. The number of hydrogen-bond donors (Lipinski definition) is 3. The zero-order chi connectivity index (χ0) is 6.78. The lowest BCUT2D eigenvalue weighted by Crippen LogP contribution is -2.33. The van der Waals surface area contributed by atoms with E-state index < -0.39 is 12.3 Å². The van der Waals surface area contributed by atoms with Gasteiger partial charge >= 0.3 is 6.16 Å². The summed E-state index contributed by atoms with van der Waals surface area (Å²) < 4.78 is 4.10. The first-order chi connectivity index (χ1) is 3.42. The van der Waals surface area contributed by atoms with Crippen LogP contribution in [0.4, 0.5) is 0 Å². The van der Waals surface area contributed by atoms with Gasteiger partial charge < -0.3 is 20.1 Å². The van der Waals surface area contributed by atoms with Crippen molar-refractivity contribution in [2.75, 3.05) is 0 Å². The Bertz CT molecular complexity index is 62.9. The topological polar surface area (TPSA) is 69.9 Å².